The first-order chi connectivity index (χ1) is 15.2. The third-order valence-electron chi connectivity index (χ3n) is 5.36. The first-order valence-electron chi connectivity index (χ1n) is 10.1. The molecule has 0 radical (unpaired) electrons. The summed E-state index contributed by atoms with van der Waals surface area (Å²) in [5, 5.41) is 4.01. The third kappa shape index (κ3) is 3.37. The lowest BCUT2D eigenvalue weighted by Gasteiger charge is -2.31. The Bertz CT molecular complexity index is 1310. The number of anilines is 1. The fraction of sp³-hybridized carbons (Fsp3) is 0.120. The highest BCUT2D eigenvalue weighted by Gasteiger charge is 2.36. The van der Waals surface area contributed by atoms with E-state index < -0.39 is 6.04 Å². The third-order valence-corrected chi connectivity index (χ3v) is 5.59. The summed E-state index contributed by atoms with van der Waals surface area (Å²) in [5.41, 5.74) is 4.74. The van der Waals surface area contributed by atoms with Gasteiger partial charge >= 0.3 is 5.97 Å². The molecule has 1 aliphatic heterocycles. The predicted octanol–water partition coefficient (Wildman–Crippen LogP) is 5.68. The lowest BCUT2D eigenvalue weighted by molar-refractivity contribution is -0.138. The minimum atomic E-state index is -0.448. The van der Waals surface area contributed by atoms with E-state index in [2.05, 4.69) is 5.32 Å². The summed E-state index contributed by atoms with van der Waals surface area (Å²) in [4.78, 5) is 18.1. The van der Waals surface area contributed by atoms with Crippen molar-refractivity contribution in [1.29, 1.82) is 0 Å². The van der Waals surface area contributed by atoms with E-state index in [1.165, 1.54) is 0 Å². The minimum absolute atomic E-state index is 0.282. The lowest BCUT2D eigenvalue weighted by atomic mass is 9.92. The number of carbonyl (C=O) groups is 1. The molecule has 1 N–H and O–H groups in total. The van der Waals surface area contributed by atoms with Crippen molar-refractivity contribution < 1.29 is 9.53 Å². The number of halogens is 1. The number of fused-ring (bicyclic) bond motifs is 3. The van der Waals surface area contributed by atoms with Crippen molar-refractivity contribution in [3.63, 3.8) is 0 Å². The van der Waals surface area contributed by atoms with Gasteiger partial charge in [-0.15, -0.1) is 0 Å². The Hall–Kier alpha value is -3.57. The van der Waals surface area contributed by atoms with Gasteiger partial charge in [-0.25, -0.2) is 9.78 Å². The Morgan fingerprint density at radius 1 is 1.06 bits per heavy atom. The smallest absolute Gasteiger partial charge is 0.338 e. The maximum atomic E-state index is 13.3. The second-order valence-corrected chi connectivity index (χ2v) is 7.69. The number of ether oxygens (including phenoxy) is 1. The van der Waals surface area contributed by atoms with Crippen molar-refractivity contribution in [2.45, 2.75) is 13.0 Å². The SMILES string of the molecule is CCOC(=O)C1=C(c2ccccc2)Nc2nc3ccccc3n2[C@H]1c1cccc(Cl)c1. The summed E-state index contributed by atoms with van der Waals surface area (Å²) in [7, 11) is 0. The normalized spacial score (nSPS) is 15.5. The van der Waals surface area contributed by atoms with E-state index in [0.717, 1.165) is 22.2 Å². The highest BCUT2D eigenvalue weighted by atomic mass is 35.5. The molecule has 0 fully saturated rings. The van der Waals surface area contributed by atoms with Crippen LogP contribution >= 0.6 is 11.6 Å². The van der Waals surface area contributed by atoms with Crippen molar-refractivity contribution in [2.24, 2.45) is 0 Å². The highest BCUT2D eigenvalue weighted by Crippen LogP contribution is 2.42. The zero-order valence-corrected chi connectivity index (χ0v) is 17.6. The molecule has 0 saturated heterocycles. The van der Waals surface area contributed by atoms with Crippen LogP contribution in [0.2, 0.25) is 5.02 Å². The Morgan fingerprint density at radius 2 is 1.84 bits per heavy atom. The average Bonchev–Trinajstić information content (AvgIpc) is 3.17. The molecule has 0 saturated carbocycles. The predicted molar refractivity (Wildman–Crippen MR) is 123 cm³/mol. The van der Waals surface area contributed by atoms with Crippen LogP contribution in [-0.2, 0) is 9.53 Å². The fourth-order valence-corrected chi connectivity index (χ4v) is 4.29. The molecular weight excluding hydrogens is 410 g/mol. The molecule has 0 unspecified atom stereocenters. The van der Waals surface area contributed by atoms with Crippen LogP contribution in [0.4, 0.5) is 5.95 Å². The van der Waals surface area contributed by atoms with E-state index in [9.17, 15) is 4.79 Å². The summed E-state index contributed by atoms with van der Waals surface area (Å²) < 4.78 is 7.56. The molecule has 154 valence electrons. The van der Waals surface area contributed by atoms with Gasteiger partial charge in [0, 0.05) is 5.02 Å². The van der Waals surface area contributed by atoms with Gasteiger partial charge in [-0.1, -0.05) is 66.2 Å². The van der Waals surface area contributed by atoms with Crippen LogP contribution in [0.3, 0.4) is 0 Å². The number of rotatable bonds is 4. The first-order valence-corrected chi connectivity index (χ1v) is 10.5. The first kappa shape index (κ1) is 19.4. The number of hydrogen-bond donors (Lipinski definition) is 1. The van der Waals surface area contributed by atoms with Gasteiger partial charge < -0.3 is 10.1 Å². The van der Waals surface area contributed by atoms with Gasteiger partial charge in [0.2, 0.25) is 5.95 Å². The standard InChI is InChI=1S/C25H20ClN3O2/c1-2-31-24(30)21-22(16-9-4-3-5-10-16)28-25-27-19-13-6-7-14-20(19)29(25)23(21)17-11-8-12-18(26)15-17/h3-15,23H,2H2,1H3,(H,27,28)/t23-/m0/s1. The Morgan fingerprint density at radius 3 is 2.61 bits per heavy atom. The van der Waals surface area contributed by atoms with Gasteiger partial charge in [0.25, 0.3) is 0 Å². The molecule has 1 aromatic heterocycles. The number of nitrogens with zero attached hydrogens (tertiary/aromatic N) is 2. The van der Waals surface area contributed by atoms with Gasteiger partial charge in [0.1, 0.15) is 0 Å². The average molecular weight is 430 g/mol. The number of carbonyl (C=O) groups excluding carboxylic acids is 1. The maximum absolute atomic E-state index is 13.3. The molecule has 31 heavy (non-hydrogen) atoms. The molecule has 1 atom stereocenters. The fourth-order valence-electron chi connectivity index (χ4n) is 4.09. The minimum Gasteiger partial charge on any atom is -0.463 e. The van der Waals surface area contributed by atoms with E-state index in [1.54, 1.807) is 0 Å². The van der Waals surface area contributed by atoms with Crippen molar-refractivity contribution >= 4 is 40.2 Å². The quantitative estimate of drug-likeness (QED) is 0.424. The summed E-state index contributed by atoms with van der Waals surface area (Å²) in [6.45, 7) is 2.09. The van der Waals surface area contributed by atoms with E-state index in [1.807, 2.05) is 90.4 Å². The van der Waals surface area contributed by atoms with Gasteiger partial charge in [-0.3, -0.25) is 4.57 Å². The lowest BCUT2D eigenvalue weighted by Crippen LogP contribution is -2.29. The number of hydrogen-bond acceptors (Lipinski definition) is 4. The molecule has 2 heterocycles. The van der Waals surface area contributed by atoms with Crippen molar-refractivity contribution in [2.75, 3.05) is 11.9 Å². The van der Waals surface area contributed by atoms with Gasteiger partial charge in [-0.05, 0) is 42.3 Å². The largest absolute Gasteiger partial charge is 0.463 e. The second kappa shape index (κ2) is 7.93. The molecule has 5 rings (SSSR count). The van der Waals surface area contributed by atoms with E-state index in [0.29, 0.717) is 22.2 Å². The van der Waals surface area contributed by atoms with Crippen LogP contribution in [0.1, 0.15) is 24.1 Å². The summed E-state index contributed by atoms with van der Waals surface area (Å²) in [6.07, 6.45) is 0. The van der Waals surface area contributed by atoms with Crippen LogP contribution in [0.25, 0.3) is 16.7 Å². The van der Waals surface area contributed by atoms with E-state index in [-0.39, 0.29) is 12.6 Å². The number of imidazole rings is 1. The van der Waals surface area contributed by atoms with Crippen LogP contribution in [0.15, 0.2) is 84.4 Å². The number of benzene rings is 3. The molecule has 5 nitrogen and oxygen atoms in total. The van der Waals surface area contributed by atoms with Crippen molar-refractivity contribution in [3.05, 3.63) is 101 Å². The van der Waals surface area contributed by atoms with Crippen molar-refractivity contribution in [1.82, 2.24) is 9.55 Å². The number of para-hydroxylation sites is 2. The van der Waals surface area contributed by atoms with Crippen LogP contribution in [0, 0.1) is 0 Å². The van der Waals surface area contributed by atoms with Gasteiger partial charge in [0.05, 0.1) is 35.0 Å². The molecule has 0 aliphatic carbocycles. The number of aromatic nitrogens is 2. The zero-order valence-electron chi connectivity index (χ0n) is 16.9. The summed E-state index contributed by atoms with van der Waals surface area (Å²) >= 11 is 6.35. The molecule has 1 aliphatic rings. The van der Waals surface area contributed by atoms with Crippen molar-refractivity contribution in [3.8, 4) is 0 Å². The molecule has 3 aromatic carbocycles. The molecule has 0 amide bonds. The molecular formula is C25H20ClN3O2. The van der Waals surface area contributed by atoms with E-state index >= 15 is 0 Å². The molecule has 4 aromatic rings. The Kier molecular flexibility index (Phi) is 4.96. The molecule has 0 spiro atoms. The van der Waals surface area contributed by atoms with Crippen LogP contribution in [0.5, 0.6) is 0 Å². The monoisotopic (exact) mass is 429 g/mol. The maximum Gasteiger partial charge on any atom is 0.338 e. The molecule has 6 heteroatoms. The Labute approximate surface area is 184 Å². The van der Waals surface area contributed by atoms with Gasteiger partial charge in [-0.2, -0.15) is 0 Å². The second-order valence-electron chi connectivity index (χ2n) is 7.25. The highest BCUT2D eigenvalue weighted by molar-refractivity contribution is 6.30. The van der Waals surface area contributed by atoms with Gasteiger partial charge in [0.15, 0.2) is 0 Å². The number of nitrogens with one attached hydrogen (secondary N) is 1. The zero-order chi connectivity index (χ0) is 21.4. The van der Waals surface area contributed by atoms with E-state index in [4.69, 9.17) is 21.3 Å². The topological polar surface area (TPSA) is 56.1 Å². The molecule has 0 bridgehead atoms. The van der Waals surface area contributed by atoms with Crippen LogP contribution < -0.4 is 5.32 Å². The summed E-state index contributed by atoms with van der Waals surface area (Å²) in [5.74, 6) is 0.292. The number of esters is 1. The Balaban J connectivity index is 1.84. The van der Waals surface area contributed by atoms with Crippen LogP contribution in [-0.4, -0.2) is 22.1 Å². The summed E-state index contributed by atoms with van der Waals surface area (Å²) in [6, 6.07) is 24.8.